The predicted octanol–water partition coefficient (Wildman–Crippen LogP) is 3.33. The van der Waals surface area contributed by atoms with Crippen LogP contribution >= 0.6 is 0 Å². The molecule has 0 aromatic carbocycles. The van der Waals surface area contributed by atoms with Gasteiger partial charge in [-0.15, -0.1) is 0 Å². The van der Waals surface area contributed by atoms with Gasteiger partial charge in [0, 0.05) is 35.0 Å². The summed E-state index contributed by atoms with van der Waals surface area (Å²) in [6.45, 7) is 4.01. The Morgan fingerprint density at radius 1 is 1.37 bits per heavy atom. The molecule has 2 aliphatic rings. The zero-order chi connectivity index (χ0) is 19.0. The SMILES string of the molecule is CCOC(=O)C1=C(C)Nc2nc3c(c(N)c2[C@H]1c1cccnc1)CCCC3. The molecule has 3 heterocycles. The molecule has 3 N–H and O–H groups in total. The minimum absolute atomic E-state index is 0.320. The summed E-state index contributed by atoms with van der Waals surface area (Å²) in [7, 11) is 0. The van der Waals surface area contributed by atoms with Gasteiger partial charge in [0.05, 0.1) is 18.1 Å². The van der Waals surface area contributed by atoms with Crippen LogP contribution in [0, 0.1) is 0 Å². The largest absolute Gasteiger partial charge is 0.463 e. The predicted molar refractivity (Wildman–Crippen MR) is 104 cm³/mol. The molecule has 0 bridgehead atoms. The number of fused-ring (bicyclic) bond motifs is 2. The maximum atomic E-state index is 12.8. The third kappa shape index (κ3) is 2.95. The number of nitrogens with two attached hydrogens (primary N) is 1. The number of carbonyl (C=O) groups excluding carboxylic acids is 1. The van der Waals surface area contributed by atoms with Gasteiger partial charge < -0.3 is 15.8 Å². The summed E-state index contributed by atoms with van der Waals surface area (Å²) in [6.07, 6.45) is 7.62. The van der Waals surface area contributed by atoms with E-state index < -0.39 is 0 Å². The molecule has 1 atom stereocenters. The van der Waals surface area contributed by atoms with Gasteiger partial charge in [0.15, 0.2) is 0 Å². The number of esters is 1. The number of carbonyl (C=O) groups is 1. The van der Waals surface area contributed by atoms with E-state index in [0.717, 1.165) is 65.3 Å². The van der Waals surface area contributed by atoms with Crippen molar-refractivity contribution in [3.05, 3.63) is 58.2 Å². The fourth-order valence-electron chi connectivity index (χ4n) is 4.14. The van der Waals surface area contributed by atoms with Crippen molar-refractivity contribution in [1.82, 2.24) is 9.97 Å². The highest BCUT2D eigenvalue weighted by atomic mass is 16.5. The van der Waals surface area contributed by atoms with Crippen molar-refractivity contribution < 1.29 is 9.53 Å². The zero-order valence-corrected chi connectivity index (χ0v) is 15.7. The Morgan fingerprint density at radius 3 is 2.93 bits per heavy atom. The van der Waals surface area contributed by atoms with Crippen molar-refractivity contribution in [2.45, 2.75) is 45.4 Å². The Labute approximate surface area is 158 Å². The average Bonchev–Trinajstić information content (AvgIpc) is 2.68. The lowest BCUT2D eigenvalue weighted by Gasteiger charge is -2.32. The number of anilines is 2. The summed E-state index contributed by atoms with van der Waals surface area (Å²) in [6, 6.07) is 3.84. The second-order valence-corrected chi connectivity index (χ2v) is 7.02. The molecule has 27 heavy (non-hydrogen) atoms. The van der Waals surface area contributed by atoms with Crippen LogP contribution in [0.4, 0.5) is 11.5 Å². The summed E-state index contributed by atoms with van der Waals surface area (Å²) < 4.78 is 5.35. The molecule has 2 aromatic heterocycles. The second-order valence-electron chi connectivity index (χ2n) is 7.02. The third-order valence-corrected chi connectivity index (χ3v) is 5.36. The minimum Gasteiger partial charge on any atom is -0.463 e. The Bertz CT molecular complexity index is 922. The third-order valence-electron chi connectivity index (χ3n) is 5.36. The lowest BCUT2D eigenvalue weighted by atomic mass is 9.79. The smallest absolute Gasteiger partial charge is 0.336 e. The van der Waals surface area contributed by atoms with Crippen molar-refractivity contribution in [2.24, 2.45) is 0 Å². The van der Waals surface area contributed by atoms with Gasteiger partial charge in [0.2, 0.25) is 0 Å². The number of pyridine rings is 2. The molecule has 140 valence electrons. The fraction of sp³-hybridized carbons (Fsp3) is 0.381. The number of aryl methyl sites for hydroxylation is 1. The summed E-state index contributed by atoms with van der Waals surface area (Å²) in [5.74, 6) is 0.0698. The van der Waals surface area contributed by atoms with Crippen molar-refractivity contribution in [3.63, 3.8) is 0 Å². The summed E-state index contributed by atoms with van der Waals surface area (Å²) in [4.78, 5) is 21.9. The van der Waals surface area contributed by atoms with Crippen LogP contribution in [0.15, 0.2) is 35.8 Å². The van der Waals surface area contributed by atoms with Gasteiger partial charge in [-0.3, -0.25) is 4.98 Å². The lowest BCUT2D eigenvalue weighted by molar-refractivity contribution is -0.138. The van der Waals surface area contributed by atoms with E-state index in [1.54, 1.807) is 12.4 Å². The van der Waals surface area contributed by atoms with E-state index in [1.165, 1.54) is 0 Å². The molecule has 0 unspecified atom stereocenters. The first-order valence-electron chi connectivity index (χ1n) is 9.47. The molecule has 0 amide bonds. The number of nitrogens with zero attached hydrogens (tertiary/aromatic N) is 2. The lowest BCUT2D eigenvalue weighted by Crippen LogP contribution is -2.27. The van der Waals surface area contributed by atoms with Gasteiger partial charge in [-0.2, -0.15) is 0 Å². The first-order valence-corrected chi connectivity index (χ1v) is 9.47. The molecule has 6 heteroatoms. The zero-order valence-electron chi connectivity index (χ0n) is 15.7. The number of nitrogen functional groups attached to an aromatic ring is 1. The van der Waals surface area contributed by atoms with Crippen LogP contribution in [-0.4, -0.2) is 22.5 Å². The first-order chi connectivity index (χ1) is 13.1. The summed E-state index contributed by atoms with van der Waals surface area (Å²) in [5.41, 5.74) is 12.7. The molecule has 1 aliphatic heterocycles. The number of nitrogens with one attached hydrogen (secondary N) is 1. The Morgan fingerprint density at radius 2 is 2.19 bits per heavy atom. The number of hydrogen-bond acceptors (Lipinski definition) is 6. The molecular weight excluding hydrogens is 340 g/mol. The molecule has 4 rings (SSSR count). The number of aromatic nitrogens is 2. The second kappa shape index (κ2) is 7.02. The summed E-state index contributed by atoms with van der Waals surface area (Å²) in [5, 5.41) is 3.31. The number of hydrogen-bond donors (Lipinski definition) is 2. The van der Waals surface area contributed by atoms with Gasteiger partial charge in [-0.05, 0) is 56.7 Å². The fourth-order valence-corrected chi connectivity index (χ4v) is 4.14. The van der Waals surface area contributed by atoms with Crippen molar-refractivity contribution in [2.75, 3.05) is 17.7 Å². The number of ether oxygens (including phenoxy) is 1. The minimum atomic E-state index is -0.339. The molecule has 6 nitrogen and oxygen atoms in total. The van der Waals surface area contributed by atoms with E-state index in [0.29, 0.717) is 12.2 Å². The first kappa shape index (κ1) is 17.5. The molecular formula is C21H24N4O2. The van der Waals surface area contributed by atoms with E-state index in [9.17, 15) is 4.79 Å². The van der Waals surface area contributed by atoms with E-state index >= 15 is 0 Å². The topological polar surface area (TPSA) is 90.1 Å². The molecule has 0 spiro atoms. The van der Waals surface area contributed by atoms with Gasteiger partial charge >= 0.3 is 5.97 Å². The van der Waals surface area contributed by atoms with E-state index in [1.807, 2.05) is 26.0 Å². The van der Waals surface area contributed by atoms with Crippen LogP contribution in [0.25, 0.3) is 0 Å². The number of rotatable bonds is 3. The van der Waals surface area contributed by atoms with E-state index in [2.05, 4.69) is 10.3 Å². The van der Waals surface area contributed by atoms with E-state index in [-0.39, 0.29) is 11.9 Å². The van der Waals surface area contributed by atoms with Crippen LogP contribution < -0.4 is 11.1 Å². The molecule has 0 saturated heterocycles. The number of allylic oxidation sites excluding steroid dienone is 1. The summed E-state index contributed by atoms with van der Waals surface area (Å²) >= 11 is 0. The molecule has 0 saturated carbocycles. The Kier molecular flexibility index (Phi) is 4.56. The van der Waals surface area contributed by atoms with Crippen LogP contribution in [0.5, 0.6) is 0 Å². The molecule has 0 fully saturated rings. The average molecular weight is 364 g/mol. The van der Waals surface area contributed by atoms with Crippen LogP contribution in [0.2, 0.25) is 0 Å². The molecule has 2 aromatic rings. The van der Waals surface area contributed by atoms with Crippen LogP contribution in [0.1, 0.15) is 55.0 Å². The highest BCUT2D eigenvalue weighted by molar-refractivity contribution is 5.95. The maximum Gasteiger partial charge on any atom is 0.336 e. The van der Waals surface area contributed by atoms with Gasteiger partial charge in [0.25, 0.3) is 0 Å². The van der Waals surface area contributed by atoms with Gasteiger partial charge in [-0.1, -0.05) is 6.07 Å². The standard InChI is InChI=1S/C21H24N4O2/c1-3-27-21(26)16-12(2)24-20-18(17(16)13-7-6-10-23-11-13)19(22)14-8-4-5-9-15(14)25-20/h6-7,10-11,17H,3-5,8-9H2,1-2H3,(H3,22,24,25)/t17-/m0/s1. The normalized spacial score (nSPS) is 18.4. The van der Waals surface area contributed by atoms with Crippen molar-refractivity contribution in [3.8, 4) is 0 Å². The van der Waals surface area contributed by atoms with E-state index in [4.69, 9.17) is 15.5 Å². The van der Waals surface area contributed by atoms with Crippen molar-refractivity contribution >= 4 is 17.5 Å². The molecule has 1 aliphatic carbocycles. The van der Waals surface area contributed by atoms with Gasteiger partial charge in [0.1, 0.15) is 5.82 Å². The highest BCUT2D eigenvalue weighted by Gasteiger charge is 2.37. The Hall–Kier alpha value is -2.89. The highest BCUT2D eigenvalue weighted by Crippen LogP contribution is 2.46. The van der Waals surface area contributed by atoms with Crippen LogP contribution in [-0.2, 0) is 22.4 Å². The van der Waals surface area contributed by atoms with Gasteiger partial charge in [-0.25, -0.2) is 9.78 Å². The van der Waals surface area contributed by atoms with Crippen molar-refractivity contribution in [1.29, 1.82) is 0 Å². The Balaban J connectivity index is 1.95. The monoisotopic (exact) mass is 364 g/mol. The quantitative estimate of drug-likeness (QED) is 0.812. The maximum absolute atomic E-state index is 12.8. The molecule has 0 radical (unpaired) electrons. The van der Waals surface area contributed by atoms with Crippen LogP contribution in [0.3, 0.4) is 0 Å².